The molecule has 2 nitrogen and oxygen atoms in total. The number of rotatable bonds is 7. The van der Waals surface area contributed by atoms with Gasteiger partial charge < -0.3 is 5.11 Å². The first-order valence-corrected chi connectivity index (χ1v) is 5.80. The first kappa shape index (κ1) is 13.2. The van der Waals surface area contributed by atoms with Gasteiger partial charge in [0.15, 0.2) is 0 Å². The summed E-state index contributed by atoms with van der Waals surface area (Å²) >= 11 is 5.77. The topological polar surface area (TPSA) is 23.5 Å². The summed E-state index contributed by atoms with van der Waals surface area (Å²) in [6, 6.07) is 10.3. The van der Waals surface area contributed by atoms with Crippen LogP contribution in [0.2, 0.25) is 0 Å². The lowest BCUT2D eigenvalue weighted by Gasteiger charge is -2.20. The zero-order valence-corrected chi connectivity index (χ0v) is 10.2. The summed E-state index contributed by atoms with van der Waals surface area (Å²) in [7, 11) is 0. The van der Waals surface area contributed by atoms with E-state index in [1.807, 2.05) is 18.2 Å². The Morgan fingerprint density at radius 2 is 1.94 bits per heavy atom. The minimum atomic E-state index is 0.152. The number of hydrogen-bond donors (Lipinski definition) is 1. The molecule has 0 fully saturated rings. The largest absolute Gasteiger partial charge is 0.395 e. The van der Waals surface area contributed by atoms with Gasteiger partial charge in [0.1, 0.15) is 0 Å². The third-order valence-electron chi connectivity index (χ3n) is 2.37. The van der Waals surface area contributed by atoms with Gasteiger partial charge in [-0.2, -0.15) is 0 Å². The molecule has 0 bridgehead atoms. The predicted octanol–water partition coefficient (Wildman–Crippen LogP) is 2.28. The molecule has 1 rings (SSSR count). The Bertz CT molecular complexity index is 313. The van der Waals surface area contributed by atoms with Crippen LogP contribution in [-0.2, 0) is 6.42 Å². The summed E-state index contributed by atoms with van der Waals surface area (Å²) < 4.78 is 0. The van der Waals surface area contributed by atoms with E-state index in [9.17, 15) is 0 Å². The van der Waals surface area contributed by atoms with Gasteiger partial charge in [0.05, 0.1) is 6.61 Å². The number of nitrogens with zero attached hydrogens (tertiary/aromatic N) is 1. The van der Waals surface area contributed by atoms with Crippen molar-refractivity contribution in [2.45, 2.75) is 6.42 Å². The Kier molecular flexibility index (Phi) is 6.16. The second-order valence-corrected chi connectivity index (χ2v) is 4.29. The molecule has 0 radical (unpaired) electrons. The van der Waals surface area contributed by atoms with E-state index in [0.29, 0.717) is 18.1 Å². The van der Waals surface area contributed by atoms with Crippen molar-refractivity contribution >= 4 is 11.6 Å². The number of aliphatic hydroxyl groups excluding tert-OH is 1. The van der Waals surface area contributed by atoms with Crippen LogP contribution >= 0.6 is 11.6 Å². The van der Waals surface area contributed by atoms with Crippen molar-refractivity contribution in [3.63, 3.8) is 0 Å². The van der Waals surface area contributed by atoms with Crippen molar-refractivity contribution in [2.75, 3.05) is 26.2 Å². The van der Waals surface area contributed by atoms with Crippen LogP contribution in [0.3, 0.4) is 0 Å². The lowest BCUT2D eigenvalue weighted by Crippen LogP contribution is -2.30. The summed E-state index contributed by atoms with van der Waals surface area (Å²) in [5.41, 5.74) is 1.30. The summed E-state index contributed by atoms with van der Waals surface area (Å²) in [4.78, 5) is 2.10. The highest BCUT2D eigenvalue weighted by molar-refractivity contribution is 6.29. The Morgan fingerprint density at radius 3 is 2.50 bits per heavy atom. The molecule has 1 aromatic carbocycles. The lowest BCUT2D eigenvalue weighted by molar-refractivity contribution is 0.209. The molecule has 0 aliphatic rings. The molecule has 0 aliphatic carbocycles. The van der Waals surface area contributed by atoms with Gasteiger partial charge in [-0.1, -0.05) is 48.5 Å². The van der Waals surface area contributed by atoms with Gasteiger partial charge in [-0.3, -0.25) is 4.90 Å². The van der Waals surface area contributed by atoms with Gasteiger partial charge in [-0.25, -0.2) is 0 Å². The van der Waals surface area contributed by atoms with Crippen LogP contribution in [0, 0.1) is 0 Å². The fourth-order valence-electron chi connectivity index (χ4n) is 1.59. The van der Waals surface area contributed by atoms with Crippen molar-refractivity contribution in [2.24, 2.45) is 0 Å². The third-order valence-corrected chi connectivity index (χ3v) is 2.49. The zero-order valence-electron chi connectivity index (χ0n) is 9.40. The first-order chi connectivity index (χ1) is 7.72. The normalized spacial score (nSPS) is 10.7. The van der Waals surface area contributed by atoms with Crippen molar-refractivity contribution in [1.29, 1.82) is 0 Å². The van der Waals surface area contributed by atoms with Crippen LogP contribution in [0.4, 0.5) is 0 Å². The van der Waals surface area contributed by atoms with Gasteiger partial charge >= 0.3 is 0 Å². The maximum Gasteiger partial charge on any atom is 0.0558 e. The van der Waals surface area contributed by atoms with Crippen LogP contribution in [-0.4, -0.2) is 36.2 Å². The van der Waals surface area contributed by atoms with E-state index in [1.54, 1.807) is 0 Å². The second kappa shape index (κ2) is 7.44. The first-order valence-electron chi connectivity index (χ1n) is 5.43. The van der Waals surface area contributed by atoms with Gasteiger partial charge in [0.25, 0.3) is 0 Å². The molecule has 0 spiro atoms. The monoisotopic (exact) mass is 239 g/mol. The van der Waals surface area contributed by atoms with E-state index in [0.717, 1.165) is 13.0 Å². The molecule has 88 valence electrons. The Labute approximate surface area is 102 Å². The molecule has 0 aromatic heterocycles. The molecular weight excluding hydrogens is 222 g/mol. The van der Waals surface area contributed by atoms with Crippen molar-refractivity contribution < 1.29 is 5.11 Å². The van der Waals surface area contributed by atoms with E-state index in [-0.39, 0.29) is 6.61 Å². The van der Waals surface area contributed by atoms with Crippen LogP contribution < -0.4 is 0 Å². The molecule has 0 amide bonds. The molecule has 0 unspecified atom stereocenters. The number of hydrogen-bond acceptors (Lipinski definition) is 2. The third kappa shape index (κ3) is 5.31. The quantitative estimate of drug-likeness (QED) is 0.789. The minimum Gasteiger partial charge on any atom is -0.395 e. The van der Waals surface area contributed by atoms with Crippen LogP contribution in [0.25, 0.3) is 0 Å². The molecule has 1 aromatic rings. The molecule has 0 saturated carbocycles. The van der Waals surface area contributed by atoms with Gasteiger partial charge in [0, 0.05) is 24.7 Å². The van der Waals surface area contributed by atoms with Gasteiger partial charge in [0.2, 0.25) is 0 Å². The standard InChI is InChI=1S/C13H18ClNO/c1-12(14)11-15(9-10-16)8-7-13-5-3-2-4-6-13/h2-6,16H,1,7-11H2. The van der Waals surface area contributed by atoms with E-state index in [1.165, 1.54) is 5.56 Å². The predicted molar refractivity (Wildman–Crippen MR) is 68.7 cm³/mol. The lowest BCUT2D eigenvalue weighted by atomic mass is 10.1. The number of aliphatic hydroxyl groups is 1. The Balaban J connectivity index is 2.40. The van der Waals surface area contributed by atoms with Crippen LogP contribution in [0.1, 0.15) is 5.56 Å². The van der Waals surface area contributed by atoms with E-state index in [2.05, 4.69) is 23.6 Å². The van der Waals surface area contributed by atoms with Crippen molar-refractivity contribution in [3.8, 4) is 0 Å². The second-order valence-electron chi connectivity index (χ2n) is 3.75. The number of benzene rings is 1. The summed E-state index contributed by atoms with van der Waals surface area (Å²) in [6.45, 7) is 5.98. The van der Waals surface area contributed by atoms with E-state index in [4.69, 9.17) is 16.7 Å². The maximum atomic E-state index is 8.93. The smallest absolute Gasteiger partial charge is 0.0558 e. The highest BCUT2D eigenvalue weighted by Crippen LogP contribution is 2.05. The Morgan fingerprint density at radius 1 is 1.25 bits per heavy atom. The van der Waals surface area contributed by atoms with Gasteiger partial charge in [-0.05, 0) is 12.0 Å². The molecule has 16 heavy (non-hydrogen) atoms. The molecule has 3 heteroatoms. The zero-order chi connectivity index (χ0) is 11.8. The average Bonchev–Trinajstić information content (AvgIpc) is 2.27. The van der Waals surface area contributed by atoms with Crippen LogP contribution in [0.5, 0.6) is 0 Å². The Hall–Kier alpha value is -0.830. The van der Waals surface area contributed by atoms with E-state index < -0.39 is 0 Å². The SMILES string of the molecule is C=C(Cl)CN(CCO)CCc1ccccc1. The van der Waals surface area contributed by atoms with E-state index >= 15 is 0 Å². The summed E-state index contributed by atoms with van der Waals surface area (Å²) in [6.07, 6.45) is 0.963. The molecular formula is C13H18ClNO. The average molecular weight is 240 g/mol. The molecule has 0 saturated heterocycles. The van der Waals surface area contributed by atoms with Crippen molar-refractivity contribution in [1.82, 2.24) is 4.90 Å². The summed E-state index contributed by atoms with van der Waals surface area (Å²) in [5.74, 6) is 0. The summed E-state index contributed by atoms with van der Waals surface area (Å²) in [5, 5.41) is 9.54. The van der Waals surface area contributed by atoms with Gasteiger partial charge in [-0.15, -0.1) is 0 Å². The fraction of sp³-hybridized carbons (Fsp3) is 0.385. The molecule has 0 atom stereocenters. The highest BCUT2D eigenvalue weighted by atomic mass is 35.5. The maximum absolute atomic E-state index is 8.93. The fourth-order valence-corrected chi connectivity index (χ4v) is 1.75. The van der Waals surface area contributed by atoms with Crippen LogP contribution in [0.15, 0.2) is 41.9 Å². The molecule has 0 heterocycles. The highest BCUT2D eigenvalue weighted by Gasteiger charge is 2.05. The molecule has 1 N–H and O–H groups in total. The molecule has 0 aliphatic heterocycles. The number of halogens is 1. The minimum absolute atomic E-state index is 0.152. The van der Waals surface area contributed by atoms with Crippen molar-refractivity contribution in [3.05, 3.63) is 47.5 Å².